The molecule has 0 fully saturated rings. The number of nitrogens with zero attached hydrogens (tertiary/aromatic N) is 1. The summed E-state index contributed by atoms with van der Waals surface area (Å²) < 4.78 is 38.1. The van der Waals surface area contributed by atoms with Gasteiger partial charge in [0.2, 0.25) is 0 Å². The van der Waals surface area contributed by atoms with Crippen molar-refractivity contribution in [3.63, 3.8) is 0 Å². The first-order valence-corrected chi connectivity index (χ1v) is 17.8. The number of fused-ring (bicyclic) bond motifs is 1. The molecule has 1 nitrogen and oxygen atoms in total. The maximum atomic E-state index is 9.58. The summed E-state index contributed by atoms with van der Waals surface area (Å²) in [5.74, 6) is 0. The molecule has 0 heterocycles. The van der Waals surface area contributed by atoms with Crippen molar-refractivity contribution in [2.24, 2.45) is 0 Å². The molecule has 0 aliphatic rings. The van der Waals surface area contributed by atoms with E-state index in [4.69, 9.17) is 0 Å². The van der Waals surface area contributed by atoms with E-state index in [2.05, 4.69) is 78.9 Å². The van der Waals surface area contributed by atoms with E-state index in [0.29, 0.717) is 11.3 Å². The third-order valence-corrected chi connectivity index (χ3v) is 9.73. The molecule has 0 unspecified atom stereocenters. The Kier molecular flexibility index (Phi) is 7.50. The van der Waals surface area contributed by atoms with Crippen LogP contribution in [0, 0.1) is 0 Å². The molecule has 53 heavy (non-hydrogen) atoms. The first-order chi connectivity index (χ1) is 27.9. The Morgan fingerprint density at radius 2 is 0.755 bits per heavy atom. The molecule has 0 aromatic heterocycles. The highest BCUT2D eigenvalue weighted by Gasteiger charge is 2.17. The van der Waals surface area contributed by atoms with Gasteiger partial charge < -0.3 is 4.90 Å². The van der Waals surface area contributed by atoms with Crippen LogP contribution in [0.25, 0.3) is 66.4 Å². The number of benzene rings is 9. The molecule has 0 radical (unpaired) electrons. The zero-order valence-corrected chi connectivity index (χ0v) is 29.0. The molecule has 0 atom stereocenters. The fourth-order valence-electron chi connectivity index (χ4n) is 7.02. The summed E-state index contributed by atoms with van der Waals surface area (Å²) >= 11 is 0. The lowest BCUT2D eigenvalue weighted by molar-refractivity contribution is 1.28. The second kappa shape index (κ2) is 14.3. The Labute approximate surface area is 317 Å². The number of hydrogen-bond donors (Lipinski definition) is 0. The van der Waals surface area contributed by atoms with Gasteiger partial charge in [0.05, 0.1) is 11.2 Å². The van der Waals surface area contributed by atoms with Crippen LogP contribution in [0.5, 0.6) is 0 Å². The Balaban J connectivity index is 1.18. The second-order valence-electron chi connectivity index (χ2n) is 13.1. The minimum Gasteiger partial charge on any atom is -0.310 e. The fraction of sp³-hybridized carbons (Fsp3) is 0. The Morgan fingerprint density at radius 3 is 1.43 bits per heavy atom. The summed E-state index contributed by atoms with van der Waals surface area (Å²) in [6.45, 7) is 0. The highest BCUT2D eigenvalue weighted by Crippen LogP contribution is 2.42. The molecule has 250 valence electrons. The Bertz CT molecular complexity index is 2860. The lowest BCUT2D eigenvalue weighted by Crippen LogP contribution is -2.11. The van der Waals surface area contributed by atoms with E-state index >= 15 is 0 Å². The lowest BCUT2D eigenvalue weighted by atomic mass is 9.97. The second-order valence-corrected chi connectivity index (χ2v) is 13.1. The molecular weight excluding hydrogens is 639 g/mol. The summed E-state index contributed by atoms with van der Waals surface area (Å²) in [6, 6.07) is 66.7. The van der Waals surface area contributed by atoms with Gasteiger partial charge in [-0.2, -0.15) is 0 Å². The van der Waals surface area contributed by atoms with E-state index in [1.165, 1.54) is 0 Å². The van der Waals surface area contributed by atoms with Crippen LogP contribution in [0.4, 0.5) is 17.1 Å². The van der Waals surface area contributed by atoms with Gasteiger partial charge in [-0.1, -0.05) is 176 Å². The van der Waals surface area contributed by atoms with Crippen LogP contribution >= 0.6 is 0 Å². The summed E-state index contributed by atoms with van der Waals surface area (Å²) in [5.41, 5.74) is 10.7. The largest absolute Gasteiger partial charge is 0.310 e. The Hall–Kier alpha value is -6.96. The van der Waals surface area contributed by atoms with Crippen molar-refractivity contribution in [1.29, 1.82) is 0 Å². The van der Waals surface area contributed by atoms with Gasteiger partial charge in [-0.25, -0.2) is 0 Å². The van der Waals surface area contributed by atoms with E-state index in [-0.39, 0.29) is 35.4 Å². The molecule has 0 bridgehead atoms. The maximum absolute atomic E-state index is 9.58. The molecule has 0 aliphatic heterocycles. The quantitative estimate of drug-likeness (QED) is 0.154. The van der Waals surface area contributed by atoms with Crippen molar-refractivity contribution < 1.29 is 5.48 Å². The van der Waals surface area contributed by atoms with Crippen molar-refractivity contribution in [2.75, 3.05) is 4.90 Å². The highest BCUT2D eigenvalue weighted by molar-refractivity contribution is 5.90. The average Bonchev–Trinajstić information content (AvgIpc) is 3.28. The molecule has 0 saturated heterocycles. The van der Waals surface area contributed by atoms with Crippen molar-refractivity contribution >= 4 is 27.8 Å². The first-order valence-electron chi connectivity index (χ1n) is 19.8. The zero-order valence-electron chi connectivity index (χ0n) is 33.0. The first kappa shape index (κ1) is 27.7. The zero-order chi connectivity index (χ0) is 38.9. The van der Waals surface area contributed by atoms with Crippen molar-refractivity contribution in [3.8, 4) is 55.6 Å². The van der Waals surface area contributed by atoms with E-state index in [1.807, 2.05) is 126 Å². The SMILES string of the molecule is [2H]c1c([2H])c(N(c2ccc(-c3cccc(-c4ccccc4)c3)cc2)c2ccccc2-c2ccccc2)c([2H])c([2H])c1-c1cccc(-c2ccc3ccccc3c2)c1. The van der Waals surface area contributed by atoms with Crippen molar-refractivity contribution in [1.82, 2.24) is 0 Å². The van der Waals surface area contributed by atoms with Crippen molar-refractivity contribution in [2.45, 2.75) is 0 Å². The number of hydrogen-bond acceptors (Lipinski definition) is 1. The topological polar surface area (TPSA) is 3.24 Å². The number of para-hydroxylation sites is 1. The predicted octanol–water partition coefficient (Wildman–Crippen LogP) is 14.6. The third-order valence-electron chi connectivity index (χ3n) is 9.73. The van der Waals surface area contributed by atoms with Crippen LogP contribution in [0.3, 0.4) is 0 Å². The predicted molar refractivity (Wildman–Crippen MR) is 226 cm³/mol. The van der Waals surface area contributed by atoms with Gasteiger partial charge in [-0.05, 0) is 109 Å². The smallest absolute Gasteiger partial charge is 0.0645 e. The van der Waals surface area contributed by atoms with Crippen LogP contribution in [0.2, 0.25) is 0 Å². The fourth-order valence-corrected chi connectivity index (χ4v) is 7.02. The average molecular weight is 680 g/mol. The van der Waals surface area contributed by atoms with Crippen LogP contribution < -0.4 is 4.90 Å². The molecule has 9 rings (SSSR count). The molecule has 9 aromatic rings. The van der Waals surface area contributed by atoms with Crippen LogP contribution in [0.1, 0.15) is 5.48 Å². The van der Waals surface area contributed by atoms with Crippen LogP contribution in [0.15, 0.2) is 224 Å². The van der Waals surface area contributed by atoms with Gasteiger partial charge in [-0.15, -0.1) is 0 Å². The maximum Gasteiger partial charge on any atom is 0.0645 e. The summed E-state index contributed by atoms with van der Waals surface area (Å²) in [5, 5.41) is 2.27. The molecule has 9 aromatic carbocycles. The minimum atomic E-state index is -0.121. The molecule has 1 heteroatoms. The van der Waals surface area contributed by atoms with Crippen LogP contribution in [-0.2, 0) is 0 Å². The van der Waals surface area contributed by atoms with E-state index in [0.717, 1.165) is 61.0 Å². The standard InChI is InChI=1S/C52H37N/c1-3-13-38(14-4-1)44-19-11-20-45(35-44)40-27-31-49(32-28-40)53(52-24-10-9-23-51(52)42-16-5-2-6-17-42)50-33-29-41(30-34-50)46-21-12-22-47(36-46)48-26-25-39-15-7-8-18-43(39)37-48/h1-37H/i29D,30D,33D,34D. The molecular formula is C52H37N. The molecule has 0 amide bonds. The normalized spacial score (nSPS) is 12.1. The van der Waals surface area contributed by atoms with Gasteiger partial charge in [0.25, 0.3) is 0 Å². The third kappa shape index (κ3) is 6.65. The van der Waals surface area contributed by atoms with E-state index in [9.17, 15) is 5.48 Å². The number of anilines is 3. The van der Waals surface area contributed by atoms with Crippen LogP contribution in [-0.4, -0.2) is 0 Å². The van der Waals surface area contributed by atoms with E-state index < -0.39 is 0 Å². The molecule has 0 aliphatic carbocycles. The number of rotatable bonds is 8. The Morgan fingerprint density at radius 1 is 0.283 bits per heavy atom. The van der Waals surface area contributed by atoms with Gasteiger partial charge in [0.1, 0.15) is 0 Å². The molecule has 0 N–H and O–H groups in total. The van der Waals surface area contributed by atoms with Gasteiger partial charge in [-0.3, -0.25) is 0 Å². The van der Waals surface area contributed by atoms with Gasteiger partial charge in [0.15, 0.2) is 0 Å². The van der Waals surface area contributed by atoms with E-state index in [1.54, 1.807) is 0 Å². The van der Waals surface area contributed by atoms with Gasteiger partial charge >= 0.3 is 0 Å². The minimum absolute atomic E-state index is 0.0989. The van der Waals surface area contributed by atoms with Crippen molar-refractivity contribution in [3.05, 3.63) is 224 Å². The summed E-state index contributed by atoms with van der Waals surface area (Å²) in [7, 11) is 0. The lowest BCUT2D eigenvalue weighted by Gasteiger charge is -2.28. The summed E-state index contributed by atoms with van der Waals surface area (Å²) in [6.07, 6.45) is 0. The summed E-state index contributed by atoms with van der Waals surface area (Å²) in [4.78, 5) is 1.88. The van der Waals surface area contributed by atoms with Gasteiger partial charge in [0, 0.05) is 16.9 Å². The highest BCUT2D eigenvalue weighted by atomic mass is 15.1. The monoisotopic (exact) mass is 679 g/mol. The molecule has 0 saturated carbocycles. The molecule has 0 spiro atoms.